The SMILES string of the molecule is O=Cc1ccn2c1-c1nc3ccccc3n1CC2. The smallest absolute Gasteiger partial charge is 0.158 e. The van der Waals surface area contributed by atoms with E-state index >= 15 is 0 Å². The highest BCUT2D eigenvalue weighted by Crippen LogP contribution is 2.30. The Morgan fingerprint density at radius 3 is 2.94 bits per heavy atom. The van der Waals surface area contributed by atoms with Gasteiger partial charge in [0.1, 0.15) is 0 Å². The Kier molecular flexibility index (Phi) is 1.78. The lowest BCUT2D eigenvalue weighted by atomic mass is 10.2. The highest BCUT2D eigenvalue weighted by atomic mass is 16.1. The van der Waals surface area contributed by atoms with Crippen LogP contribution < -0.4 is 0 Å². The summed E-state index contributed by atoms with van der Waals surface area (Å²) in [6.45, 7) is 1.78. The van der Waals surface area contributed by atoms with Gasteiger partial charge in [0.25, 0.3) is 0 Å². The van der Waals surface area contributed by atoms with E-state index in [0.29, 0.717) is 5.56 Å². The van der Waals surface area contributed by atoms with Crippen LogP contribution in [0.5, 0.6) is 0 Å². The molecule has 3 heterocycles. The number of aryl methyl sites for hydroxylation is 2. The largest absolute Gasteiger partial charge is 0.343 e. The minimum absolute atomic E-state index is 0.714. The number of nitrogens with zero attached hydrogens (tertiary/aromatic N) is 3. The average molecular weight is 237 g/mol. The van der Waals surface area contributed by atoms with Crippen LogP contribution in [-0.4, -0.2) is 20.4 Å². The van der Waals surface area contributed by atoms with E-state index in [0.717, 1.165) is 41.9 Å². The van der Waals surface area contributed by atoms with Crippen LogP contribution in [0.2, 0.25) is 0 Å². The van der Waals surface area contributed by atoms with Gasteiger partial charge in [0, 0.05) is 24.8 Å². The molecule has 0 bridgehead atoms. The molecule has 1 aliphatic heterocycles. The first kappa shape index (κ1) is 9.65. The number of para-hydroxylation sites is 2. The molecule has 2 aromatic heterocycles. The number of hydrogen-bond acceptors (Lipinski definition) is 2. The number of rotatable bonds is 1. The molecule has 1 aliphatic rings. The predicted octanol–water partition coefficient (Wildman–Crippen LogP) is 2.33. The second kappa shape index (κ2) is 3.32. The van der Waals surface area contributed by atoms with E-state index < -0.39 is 0 Å². The molecule has 0 spiro atoms. The molecule has 18 heavy (non-hydrogen) atoms. The maximum absolute atomic E-state index is 11.1. The van der Waals surface area contributed by atoms with Gasteiger partial charge in [0.05, 0.1) is 16.7 Å². The third-order valence-corrected chi connectivity index (χ3v) is 3.55. The van der Waals surface area contributed by atoms with Crippen LogP contribution in [-0.2, 0) is 13.1 Å². The molecule has 0 N–H and O–H groups in total. The third-order valence-electron chi connectivity index (χ3n) is 3.55. The summed E-state index contributed by atoms with van der Waals surface area (Å²) in [5, 5.41) is 0. The zero-order valence-electron chi connectivity index (χ0n) is 9.71. The van der Waals surface area contributed by atoms with E-state index in [-0.39, 0.29) is 0 Å². The molecule has 88 valence electrons. The van der Waals surface area contributed by atoms with Gasteiger partial charge in [-0.1, -0.05) is 12.1 Å². The molecule has 3 aromatic rings. The highest BCUT2D eigenvalue weighted by Gasteiger charge is 2.22. The number of benzene rings is 1. The first-order chi connectivity index (χ1) is 8.88. The van der Waals surface area contributed by atoms with Crippen LogP contribution in [0.3, 0.4) is 0 Å². The summed E-state index contributed by atoms with van der Waals surface area (Å²) in [4.78, 5) is 15.8. The normalized spacial score (nSPS) is 13.3. The number of carbonyl (C=O) groups is 1. The van der Waals surface area contributed by atoms with Crippen LogP contribution in [0, 0.1) is 0 Å². The number of imidazole rings is 1. The van der Waals surface area contributed by atoms with Crippen molar-refractivity contribution in [3.63, 3.8) is 0 Å². The van der Waals surface area contributed by atoms with Crippen molar-refractivity contribution in [1.29, 1.82) is 0 Å². The zero-order valence-corrected chi connectivity index (χ0v) is 9.71. The molecule has 0 unspecified atom stereocenters. The van der Waals surface area contributed by atoms with Crippen molar-refractivity contribution < 1.29 is 4.79 Å². The molecule has 4 rings (SSSR count). The molecule has 0 radical (unpaired) electrons. The predicted molar refractivity (Wildman–Crippen MR) is 68.5 cm³/mol. The monoisotopic (exact) mass is 237 g/mol. The molecule has 0 amide bonds. The number of hydrogen-bond donors (Lipinski definition) is 0. The minimum atomic E-state index is 0.714. The Labute approximate surface area is 103 Å². The maximum Gasteiger partial charge on any atom is 0.158 e. The Bertz CT molecular complexity index is 767. The summed E-state index contributed by atoms with van der Waals surface area (Å²) >= 11 is 0. The summed E-state index contributed by atoms with van der Waals surface area (Å²) in [5.41, 5.74) is 3.77. The van der Waals surface area contributed by atoms with Gasteiger partial charge in [-0.3, -0.25) is 4.79 Å². The molecular weight excluding hydrogens is 226 g/mol. The first-order valence-electron chi connectivity index (χ1n) is 5.98. The molecule has 4 nitrogen and oxygen atoms in total. The number of aromatic nitrogens is 3. The molecule has 0 fully saturated rings. The fraction of sp³-hybridized carbons (Fsp3) is 0.143. The summed E-state index contributed by atoms with van der Waals surface area (Å²) < 4.78 is 4.29. The minimum Gasteiger partial charge on any atom is -0.343 e. The summed E-state index contributed by atoms with van der Waals surface area (Å²) in [7, 11) is 0. The lowest BCUT2D eigenvalue weighted by Crippen LogP contribution is -2.16. The Morgan fingerprint density at radius 2 is 2.06 bits per heavy atom. The van der Waals surface area contributed by atoms with Gasteiger partial charge in [-0.15, -0.1) is 0 Å². The maximum atomic E-state index is 11.1. The quantitative estimate of drug-likeness (QED) is 0.609. The van der Waals surface area contributed by atoms with Gasteiger partial charge < -0.3 is 9.13 Å². The fourth-order valence-electron chi connectivity index (χ4n) is 2.72. The second-order valence-electron chi connectivity index (χ2n) is 4.51. The topological polar surface area (TPSA) is 39.8 Å². The van der Waals surface area contributed by atoms with Gasteiger partial charge in [-0.2, -0.15) is 0 Å². The summed E-state index contributed by atoms with van der Waals surface area (Å²) in [5.74, 6) is 0.898. The molecule has 4 heteroatoms. The second-order valence-corrected chi connectivity index (χ2v) is 4.51. The first-order valence-corrected chi connectivity index (χ1v) is 5.98. The van der Waals surface area contributed by atoms with Gasteiger partial charge in [0.2, 0.25) is 0 Å². The van der Waals surface area contributed by atoms with Crippen molar-refractivity contribution in [1.82, 2.24) is 14.1 Å². The number of fused-ring (bicyclic) bond motifs is 5. The molecule has 0 atom stereocenters. The van der Waals surface area contributed by atoms with Gasteiger partial charge in [-0.25, -0.2) is 4.98 Å². The Morgan fingerprint density at radius 1 is 1.17 bits per heavy atom. The third kappa shape index (κ3) is 1.09. The van der Waals surface area contributed by atoms with Crippen LogP contribution in [0.1, 0.15) is 10.4 Å². The van der Waals surface area contributed by atoms with Crippen molar-refractivity contribution in [3.05, 3.63) is 42.1 Å². The van der Waals surface area contributed by atoms with Crippen LogP contribution in [0.15, 0.2) is 36.5 Å². The molecule has 1 aromatic carbocycles. The molecule has 0 saturated heterocycles. The molecule has 0 saturated carbocycles. The van der Waals surface area contributed by atoms with Gasteiger partial charge in [0.15, 0.2) is 12.1 Å². The van der Waals surface area contributed by atoms with Crippen molar-refractivity contribution in [2.75, 3.05) is 0 Å². The van der Waals surface area contributed by atoms with Gasteiger partial charge in [-0.05, 0) is 18.2 Å². The van der Waals surface area contributed by atoms with E-state index in [1.165, 1.54) is 0 Å². The van der Waals surface area contributed by atoms with Crippen molar-refractivity contribution in [3.8, 4) is 11.5 Å². The van der Waals surface area contributed by atoms with Crippen molar-refractivity contribution in [2.45, 2.75) is 13.1 Å². The standard InChI is InChI=1S/C14H11N3O/c18-9-10-5-6-16-7-8-17-12-4-2-1-3-11(12)15-14(17)13(10)16/h1-6,9H,7-8H2. The van der Waals surface area contributed by atoms with E-state index in [2.05, 4.69) is 20.2 Å². The van der Waals surface area contributed by atoms with Gasteiger partial charge >= 0.3 is 0 Å². The van der Waals surface area contributed by atoms with Crippen LogP contribution in [0.4, 0.5) is 0 Å². The Hall–Kier alpha value is -2.36. The highest BCUT2D eigenvalue weighted by molar-refractivity contribution is 5.88. The van der Waals surface area contributed by atoms with E-state index in [9.17, 15) is 4.79 Å². The van der Waals surface area contributed by atoms with Crippen molar-refractivity contribution in [2.24, 2.45) is 0 Å². The van der Waals surface area contributed by atoms with Crippen molar-refractivity contribution >= 4 is 17.3 Å². The van der Waals surface area contributed by atoms with Crippen LogP contribution in [0.25, 0.3) is 22.6 Å². The molecular formula is C14H11N3O. The number of aldehydes is 1. The fourth-order valence-corrected chi connectivity index (χ4v) is 2.72. The lowest BCUT2D eigenvalue weighted by Gasteiger charge is -2.18. The van der Waals surface area contributed by atoms with E-state index in [1.54, 1.807) is 0 Å². The summed E-state index contributed by atoms with van der Waals surface area (Å²) in [6.07, 6.45) is 2.86. The number of carbonyl (C=O) groups excluding carboxylic acids is 1. The van der Waals surface area contributed by atoms with E-state index in [4.69, 9.17) is 0 Å². The zero-order chi connectivity index (χ0) is 12.1. The van der Waals surface area contributed by atoms with E-state index in [1.807, 2.05) is 30.5 Å². The lowest BCUT2D eigenvalue weighted by molar-refractivity contribution is 0.112. The average Bonchev–Trinajstić information content (AvgIpc) is 2.98. The summed E-state index contributed by atoms with van der Waals surface area (Å²) in [6, 6.07) is 9.95. The van der Waals surface area contributed by atoms with Crippen LogP contribution >= 0.6 is 0 Å². The Balaban J connectivity index is 2.11. The molecule has 0 aliphatic carbocycles.